The van der Waals surface area contributed by atoms with E-state index in [1.165, 1.54) is 48.2 Å². The summed E-state index contributed by atoms with van der Waals surface area (Å²) in [5.41, 5.74) is 10.1. The van der Waals surface area contributed by atoms with Crippen molar-refractivity contribution < 1.29 is 21.1 Å². The van der Waals surface area contributed by atoms with E-state index < -0.39 is 0 Å². The van der Waals surface area contributed by atoms with Crippen molar-refractivity contribution in [2.24, 2.45) is 10.8 Å². The maximum absolute atomic E-state index is 4.53. The molecular formula is C36H48N6Pt. The van der Waals surface area contributed by atoms with Crippen molar-refractivity contribution in [3.05, 3.63) is 71.3 Å². The molecule has 43 heavy (non-hydrogen) atoms. The predicted molar refractivity (Wildman–Crippen MR) is 170 cm³/mol. The van der Waals surface area contributed by atoms with Crippen LogP contribution >= 0.6 is 0 Å². The van der Waals surface area contributed by atoms with E-state index in [4.69, 9.17) is 0 Å². The number of nitrogens with zero attached hydrogens (tertiary/aromatic N) is 6. The van der Waals surface area contributed by atoms with Crippen LogP contribution in [-0.2, 0) is 31.9 Å². The summed E-state index contributed by atoms with van der Waals surface area (Å²) in [7, 11) is 0. The van der Waals surface area contributed by atoms with Crippen LogP contribution in [0.3, 0.4) is 0 Å². The topological polar surface area (TPSA) is 79.8 Å². The molecule has 4 aliphatic carbocycles. The molecule has 0 radical (unpaired) electrons. The van der Waals surface area contributed by atoms with Gasteiger partial charge in [0.2, 0.25) is 0 Å². The second kappa shape index (κ2) is 12.1. The van der Waals surface area contributed by atoms with E-state index >= 15 is 0 Å². The summed E-state index contributed by atoms with van der Waals surface area (Å²) in [6.45, 7) is 22.2. The Hall–Kier alpha value is -2.59. The van der Waals surface area contributed by atoms with Gasteiger partial charge in [-0.3, -0.25) is 9.97 Å². The van der Waals surface area contributed by atoms with Gasteiger partial charge in [-0.1, -0.05) is 92.8 Å². The third kappa shape index (κ3) is 4.61. The minimum Gasteiger partial charge on any atom is -0.573 e. The molecule has 4 aromatic heterocycles. The Kier molecular flexibility index (Phi) is 9.35. The van der Waals surface area contributed by atoms with Crippen LogP contribution in [0.1, 0.15) is 129 Å². The van der Waals surface area contributed by atoms with Crippen LogP contribution in [0.4, 0.5) is 0 Å². The zero-order valence-corrected chi connectivity index (χ0v) is 29.9. The van der Waals surface area contributed by atoms with Crippen LogP contribution in [0, 0.1) is 10.8 Å². The minimum absolute atomic E-state index is 0. The summed E-state index contributed by atoms with van der Waals surface area (Å²) in [6.07, 6.45) is 8.64. The summed E-state index contributed by atoms with van der Waals surface area (Å²) in [4.78, 5) is 8.90. The van der Waals surface area contributed by atoms with Crippen LogP contribution in [0.2, 0.25) is 0 Å². The molecule has 7 heteroatoms. The number of rotatable bonds is 2. The molecule has 4 bridgehead atoms. The Balaban J connectivity index is 0.000000173. The van der Waals surface area contributed by atoms with Crippen LogP contribution < -0.4 is 10.2 Å². The van der Waals surface area contributed by atoms with Crippen molar-refractivity contribution in [3.8, 4) is 22.8 Å². The predicted octanol–water partition coefficient (Wildman–Crippen LogP) is 8.60. The summed E-state index contributed by atoms with van der Waals surface area (Å²) in [5.74, 6) is 1.17. The number of hydrogen-bond acceptors (Lipinski definition) is 4. The second-order valence-corrected chi connectivity index (χ2v) is 13.3. The molecule has 0 N–H and O–H groups in total. The SMILES string of the molecule is CC.CC.CC12CCC(c3c1n[n-]c3-c1ccccn1)C2(C)C.CC12CCC(c3c1n[n-]c3-c1ccccn1)C2(C)C.[Pt+2]. The maximum Gasteiger partial charge on any atom is 2.00 e. The van der Waals surface area contributed by atoms with Crippen LogP contribution in [0.5, 0.6) is 0 Å². The molecule has 0 aliphatic heterocycles. The Labute approximate surface area is 273 Å². The first-order valence-electron chi connectivity index (χ1n) is 16.0. The van der Waals surface area contributed by atoms with E-state index in [-0.39, 0.29) is 42.7 Å². The Morgan fingerprint density at radius 2 is 0.977 bits per heavy atom. The number of pyridine rings is 2. The first-order valence-corrected chi connectivity index (χ1v) is 16.0. The number of hydrogen-bond donors (Lipinski definition) is 0. The molecule has 232 valence electrons. The van der Waals surface area contributed by atoms with Gasteiger partial charge in [0, 0.05) is 46.0 Å². The van der Waals surface area contributed by atoms with Gasteiger partial charge in [0.05, 0.1) is 0 Å². The van der Waals surface area contributed by atoms with E-state index in [9.17, 15) is 0 Å². The molecule has 4 heterocycles. The van der Waals surface area contributed by atoms with Gasteiger partial charge in [0.25, 0.3) is 0 Å². The normalized spacial score (nSPS) is 27.3. The van der Waals surface area contributed by atoms with Crippen molar-refractivity contribution in [3.63, 3.8) is 0 Å². The fourth-order valence-electron chi connectivity index (χ4n) is 8.36. The summed E-state index contributed by atoms with van der Waals surface area (Å²) in [6, 6.07) is 12.0. The van der Waals surface area contributed by atoms with Crippen LogP contribution in [-0.4, -0.2) is 20.2 Å². The molecule has 6 nitrogen and oxygen atoms in total. The fourth-order valence-corrected chi connectivity index (χ4v) is 8.36. The first kappa shape index (κ1) is 33.3. The zero-order valence-electron chi connectivity index (χ0n) is 27.6. The van der Waals surface area contributed by atoms with E-state index in [0.717, 1.165) is 22.8 Å². The van der Waals surface area contributed by atoms with Gasteiger partial charge in [-0.2, -0.15) is 0 Å². The third-order valence-corrected chi connectivity index (χ3v) is 11.5. The molecular weight excluding hydrogens is 712 g/mol. The molecule has 0 saturated heterocycles. The molecule has 4 aliphatic rings. The van der Waals surface area contributed by atoms with E-state index in [1.807, 2.05) is 76.5 Å². The first-order chi connectivity index (χ1) is 20.1. The summed E-state index contributed by atoms with van der Waals surface area (Å²) >= 11 is 0. The van der Waals surface area contributed by atoms with Crippen LogP contribution in [0.25, 0.3) is 22.8 Å². The van der Waals surface area contributed by atoms with E-state index in [0.29, 0.717) is 11.8 Å². The molecule has 0 amide bonds. The standard InChI is InChI=1S/2C16H18N3.2C2H6.Pt/c2*1-15(2)10-7-8-16(15,3)14-12(10)13(18-19-14)11-6-4-5-9-17-11;2*1-2;/h2*4-6,9-10H,7-8H2,1-3H3;2*1-2H3;/q2*-1;;;+2. The average Bonchev–Trinajstić information content (AvgIpc) is 3.81. The van der Waals surface area contributed by atoms with Crippen molar-refractivity contribution in [1.29, 1.82) is 0 Å². The van der Waals surface area contributed by atoms with E-state index in [1.54, 1.807) is 0 Å². The van der Waals surface area contributed by atoms with Crippen LogP contribution in [0.15, 0.2) is 48.8 Å². The van der Waals surface area contributed by atoms with Crippen molar-refractivity contribution in [2.45, 2.75) is 118 Å². The quantitative estimate of drug-likeness (QED) is 0.204. The largest absolute Gasteiger partial charge is 2.00 e. The second-order valence-electron chi connectivity index (χ2n) is 13.3. The third-order valence-electron chi connectivity index (χ3n) is 11.5. The zero-order chi connectivity index (χ0) is 30.5. The van der Waals surface area contributed by atoms with E-state index in [2.05, 4.69) is 71.9 Å². The Morgan fingerprint density at radius 3 is 1.30 bits per heavy atom. The molecule has 0 aromatic carbocycles. The number of fused-ring (bicyclic) bond motifs is 10. The van der Waals surface area contributed by atoms with Gasteiger partial charge in [-0.25, -0.2) is 0 Å². The Morgan fingerprint density at radius 1 is 0.605 bits per heavy atom. The molecule has 2 saturated carbocycles. The van der Waals surface area contributed by atoms with Crippen molar-refractivity contribution >= 4 is 0 Å². The molecule has 4 aromatic rings. The molecule has 8 rings (SSSR count). The van der Waals surface area contributed by atoms with Gasteiger partial charge >= 0.3 is 21.1 Å². The average molecular weight is 760 g/mol. The van der Waals surface area contributed by atoms with Crippen molar-refractivity contribution in [2.75, 3.05) is 0 Å². The van der Waals surface area contributed by atoms with Gasteiger partial charge in [0.15, 0.2) is 0 Å². The molecule has 4 unspecified atom stereocenters. The van der Waals surface area contributed by atoms with Gasteiger partial charge in [-0.15, -0.1) is 0 Å². The Bertz CT molecular complexity index is 1410. The maximum atomic E-state index is 4.53. The number of aromatic nitrogens is 6. The smallest absolute Gasteiger partial charge is 0.573 e. The fraction of sp³-hybridized carbons (Fsp3) is 0.556. The minimum atomic E-state index is 0. The summed E-state index contributed by atoms with van der Waals surface area (Å²) in [5, 5.41) is 18.0. The molecule has 0 spiro atoms. The van der Waals surface area contributed by atoms with Gasteiger partial charge in [-0.05, 0) is 83.7 Å². The monoisotopic (exact) mass is 759 g/mol. The summed E-state index contributed by atoms with van der Waals surface area (Å²) < 4.78 is 0. The molecule has 4 atom stereocenters. The van der Waals surface area contributed by atoms with Gasteiger partial charge < -0.3 is 20.4 Å². The van der Waals surface area contributed by atoms with Gasteiger partial charge in [0.1, 0.15) is 0 Å². The van der Waals surface area contributed by atoms with Crippen molar-refractivity contribution in [1.82, 2.24) is 30.4 Å². The molecule has 2 fully saturated rings.